The van der Waals surface area contributed by atoms with Crippen molar-refractivity contribution in [3.8, 4) is 0 Å². The molecule has 0 spiro atoms. The number of carbonyl (C=O) groups excluding carboxylic acids is 2. The van der Waals surface area contributed by atoms with Crippen molar-refractivity contribution in [1.29, 1.82) is 0 Å². The molecule has 3 N–H and O–H groups in total. The maximum absolute atomic E-state index is 12.5. The number of aliphatic hydroxyl groups excluding tert-OH is 2. The van der Waals surface area contributed by atoms with E-state index in [0.29, 0.717) is 25.9 Å². The molecule has 0 aliphatic carbocycles. The van der Waals surface area contributed by atoms with Gasteiger partial charge in [0.1, 0.15) is 0 Å². The predicted octanol–water partition coefficient (Wildman–Crippen LogP) is 26.4. The minimum absolute atomic E-state index is 0.0147. The topological polar surface area (TPSA) is 95.9 Å². The number of esters is 1. The lowest BCUT2D eigenvalue weighted by Crippen LogP contribution is -2.45. The maximum atomic E-state index is 12.5. The molecule has 6 nitrogen and oxygen atoms in total. The Hall–Kier alpha value is -1.66. The first-order valence-electron chi connectivity index (χ1n) is 40.1. The fourth-order valence-electron chi connectivity index (χ4n) is 12.9. The normalized spacial score (nSPS) is 12.6. The van der Waals surface area contributed by atoms with Crippen molar-refractivity contribution in [1.82, 2.24) is 5.32 Å². The van der Waals surface area contributed by atoms with Gasteiger partial charge >= 0.3 is 5.97 Å². The number of allylic oxidation sites excluding steroid dienone is 4. The van der Waals surface area contributed by atoms with Gasteiger partial charge in [0.05, 0.1) is 25.4 Å². The molecule has 1 amide bonds. The first-order chi connectivity index (χ1) is 43.0. The number of rotatable bonds is 76. The Morgan fingerprint density at radius 2 is 0.540 bits per heavy atom. The van der Waals surface area contributed by atoms with Crippen LogP contribution in [-0.2, 0) is 14.3 Å². The van der Waals surface area contributed by atoms with Gasteiger partial charge in [0.2, 0.25) is 5.91 Å². The lowest BCUT2D eigenvalue weighted by atomic mass is 10.0. The fraction of sp³-hybridized carbons (Fsp3) is 0.926. The average Bonchev–Trinajstić information content (AvgIpc) is 3.54. The van der Waals surface area contributed by atoms with Crippen LogP contribution in [0.15, 0.2) is 24.3 Å². The van der Waals surface area contributed by atoms with Crippen LogP contribution in [0.5, 0.6) is 0 Å². The number of unbranched alkanes of at least 4 members (excludes halogenated alkanes) is 61. The lowest BCUT2D eigenvalue weighted by molar-refractivity contribution is -0.143. The van der Waals surface area contributed by atoms with Gasteiger partial charge in [-0.2, -0.15) is 0 Å². The van der Waals surface area contributed by atoms with Gasteiger partial charge in [-0.1, -0.05) is 391 Å². The molecular formula is C81H157NO5. The van der Waals surface area contributed by atoms with Gasteiger partial charge < -0.3 is 20.3 Å². The highest BCUT2D eigenvalue weighted by Crippen LogP contribution is 2.20. The van der Waals surface area contributed by atoms with E-state index in [1.54, 1.807) is 0 Å². The smallest absolute Gasteiger partial charge is 0.305 e. The van der Waals surface area contributed by atoms with E-state index in [4.69, 9.17) is 4.74 Å². The van der Waals surface area contributed by atoms with E-state index in [9.17, 15) is 19.8 Å². The molecule has 0 heterocycles. The number of nitrogens with one attached hydrogen (secondary N) is 1. The summed E-state index contributed by atoms with van der Waals surface area (Å²) in [6.45, 7) is 4.99. The molecule has 0 bridgehead atoms. The third-order valence-corrected chi connectivity index (χ3v) is 19.0. The van der Waals surface area contributed by atoms with Gasteiger partial charge in [0, 0.05) is 12.8 Å². The predicted molar refractivity (Wildman–Crippen MR) is 384 cm³/mol. The average molecular weight is 1230 g/mol. The molecule has 0 aromatic carbocycles. The van der Waals surface area contributed by atoms with Gasteiger partial charge in [-0.25, -0.2) is 0 Å². The van der Waals surface area contributed by atoms with Gasteiger partial charge in [-0.3, -0.25) is 9.59 Å². The summed E-state index contributed by atoms with van der Waals surface area (Å²) < 4.78 is 5.49. The summed E-state index contributed by atoms with van der Waals surface area (Å²) in [6.07, 6.45) is 98.6. The van der Waals surface area contributed by atoms with Gasteiger partial charge in [0.15, 0.2) is 0 Å². The number of hydrogen-bond donors (Lipinski definition) is 3. The van der Waals surface area contributed by atoms with Crippen LogP contribution in [0, 0.1) is 0 Å². The van der Waals surface area contributed by atoms with Crippen molar-refractivity contribution in [2.75, 3.05) is 13.2 Å². The molecule has 0 fully saturated rings. The quantitative estimate of drug-likeness (QED) is 0.0320. The van der Waals surface area contributed by atoms with Crippen molar-refractivity contribution in [3.05, 3.63) is 24.3 Å². The van der Waals surface area contributed by atoms with Crippen LogP contribution < -0.4 is 5.32 Å². The SMILES string of the molecule is CCCCCCC/C=C\CCCCCCCC(=O)OCCCCCCCCCCCCCCCCCCCC/C=C\CCCCCCCCCCCCCCCCCCCC(=O)NC(CO)C(O)CCCCCCCCCCCCCCCCCCC. The second-order valence-corrected chi connectivity index (χ2v) is 27.7. The largest absolute Gasteiger partial charge is 0.466 e. The van der Waals surface area contributed by atoms with Crippen molar-refractivity contribution in [2.24, 2.45) is 0 Å². The number of ether oxygens (including phenoxy) is 1. The molecule has 2 atom stereocenters. The minimum Gasteiger partial charge on any atom is -0.466 e. The van der Waals surface area contributed by atoms with Crippen molar-refractivity contribution in [3.63, 3.8) is 0 Å². The monoisotopic (exact) mass is 1220 g/mol. The summed E-state index contributed by atoms with van der Waals surface area (Å²) in [5.41, 5.74) is 0. The van der Waals surface area contributed by atoms with Crippen LogP contribution in [0.1, 0.15) is 457 Å². The molecule has 0 saturated heterocycles. The minimum atomic E-state index is -0.661. The number of amides is 1. The van der Waals surface area contributed by atoms with E-state index >= 15 is 0 Å². The lowest BCUT2D eigenvalue weighted by Gasteiger charge is -2.22. The van der Waals surface area contributed by atoms with Crippen LogP contribution in [0.2, 0.25) is 0 Å². The van der Waals surface area contributed by atoms with Crippen LogP contribution in [-0.4, -0.2) is 47.4 Å². The van der Waals surface area contributed by atoms with E-state index in [2.05, 4.69) is 43.5 Å². The zero-order chi connectivity index (χ0) is 62.8. The standard InChI is InChI=1S/C81H157NO5/c1-3-5-7-9-11-13-15-17-19-43-46-49-53-57-61-65-69-73-79(84)78(77-83)82-80(85)74-70-66-62-58-54-50-47-44-41-39-37-35-33-31-29-27-25-23-21-20-22-24-26-28-30-32-34-36-38-40-42-45-48-52-56-60-64-68-72-76-87-81(86)75-71-67-63-59-55-51-18-16-14-12-10-8-6-4-2/h16,18,20-21,78-79,83-84H,3-15,17,19,22-77H2,1-2H3,(H,82,85)/b18-16-,21-20-. The fourth-order valence-corrected chi connectivity index (χ4v) is 12.9. The molecule has 6 heteroatoms. The van der Waals surface area contributed by atoms with Crippen molar-refractivity contribution >= 4 is 11.9 Å². The molecule has 0 aliphatic heterocycles. The summed E-state index contributed by atoms with van der Waals surface area (Å²) in [7, 11) is 0. The van der Waals surface area contributed by atoms with Crippen LogP contribution in [0.4, 0.5) is 0 Å². The van der Waals surface area contributed by atoms with Gasteiger partial charge in [-0.05, 0) is 77.0 Å². The first-order valence-corrected chi connectivity index (χ1v) is 40.1. The molecule has 0 aromatic rings. The van der Waals surface area contributed by atoms with E-state index in [-0.39, 0.29) is 18.5 Å². The third kappa shape index (κ3) is 73.3. The summed E-state index contributed by atoms with van der Waals surface area (Å²) in [4.78, 5) is 24.6. The van der Waals surface area contributed by atoms with Gasteiger partial charge in [0.25, 0.3) is 0 Å². The number of hydrogen-bond acceptors (Lipinski definition) is 5. The molecule has 87 heavy (non-hydrogen) atoms. The zero-order valence-corrected chi connectivity index (χ0v) is 59.3. The summed E-state index contributed by atoms with van der Waals surface area (Å²) in [5.74, 6) is -0.0116. The zero-order valence-electron chi connectivity index (χ0n) is 59.3. The molecule has 516 valence electrons. The maximum Gasteiger partial charge on any atom is 0.305 e. The van der Waals surface area contributed by atoms with Crippen LogP contribution in [0.3, 0.4) is 0 Å². The van der Waals surface area contributed by atoms with Gasteiger partial charge in [-0.15, -0.1) is 0 Å². The van der Waals surface area contributed by atoms with E-state index in [0.717, 1.165) is 44.9 Å². The first kappa shape index (κ1) is 85.3. The molecule has 0 rings (SSSR count). The summed E-state index contributed by atoms with van der Waals surface area (Å²) >= 11 is 0. The van der Waals surface area contributed by atoms with Crippen molar-refractivity contribution < 1.29 is 24.5 Å². The second kappa shape index (κ2) is 76.8. The highest BCUT2D eigenvalue weighted by Gasteiger charge is 2.20. The Bertz CT molecular complexity index is 1360. The Kier molecular flexibility index (Phi) is 75.3. The molecule has 0 radical (unpaired) electrons. The highest BCUT2D eigenvalue weighted by molar-refractivity contribution is 5.76. The molecule has 2 unspecified atom stereocenters. The van der Waals surface area contributed by atoms with E-state index in [1.165, 1.54) is 379 Å². The van der Waals surface area contributed by atoms with Crippen LogP contribution in [0.25, 0.3) is 0 Å². The Morgan fingerprint density at radius 1 is 0.310 bits per heavy atom. The van der Waals surface area contributed by atoms with Crippen LogP contribution >= 0.6 is 0 Å². The summed E-state index contributed by atoms with van der Waals surface area (Å²) in [5, 5.41) is 23.4. The second-order valence-electron chi connectivity index (χ2n) is 27.7. The molecule has 0 aromatic heterocycles. The third-order valence-electron chi connectivity index (χ3n) is 19.0. The van der Waals surface area contributed by atoms with E-state index in [1.807, 2.05) is 0 Å². The molecular weight excluding hydrogens is 1070 g/mol. The Morgan fingerprint density at radius 3 is 0.816 bits per heavy atom. The molecule has 0 saturated carbocycles. The summed E-state index contributed by atoms with van der Waals surface area (Å²) in [6, 6.07) is -0.538. The number of carbonyl (C=O) groups is 2. The Labute approximate surface area is 545 Å². The van der Waals surface area contributed by atoms with Crippen molar-refractivity contribution in [2.45, 2.75) is 469 Å². The number of aliphatic hydroxyl groups is 2. The Balaban J connectivity index is 3.32. The molecule has 0 aliphatic rings. The highest BCUT2D eigenvalue weighted by atomic mass is 16.5. The van der Waals surface area contributed by atoms with E-state index < -0.39 is 12.1 Å².